The van der Waals surface area contributed by atoms with Crippen LogP contribution in [0.2, 0.25) is 0 Å². The molecule has 3 N–H and O–H groups in total. The highest BCUT2D eigenvalue weighted by molar-refractivity contribution is 5.97. The van der Waals surface area contributed by atoms with Crippen molar-refractivity contribution in [2.45, 2.75) is 19.0 Å². The third-order valence-electron chi connectivity index (χ3n) is 4.57. The van der Waals surface area contributed by atoms with Gasteiger partial charge < -0.3 is 5.32 Å². The van der Waals surface area contributed by atoms with Gasteiger partial charge in [-0.3, -0.25) is 15.4 Å². The molecule has 1 atom stereocenters. The standard InChI is InChI=1S/C24H25N3O2/c1-2-25-24(29)27-23(28)22(20-16-10-5-11-17-20)26-21(18-12-6-3-7-13-18)19-14-8-4-9-15-19/h3-17,21-22,26H,2H2,1H3,(H2,25,27,28,29). The highest BCUT2D eigenvalue weighted by atomic mass is 16.2. The zero-order chi connectivity index (χ0) is 20.5. The molecule has 0 spiro atoms. The van der Waals surface area contributed by atoms with E-state index in [0.717, 1.165) is 16.7 Å². The molecule has 29 heavy (non-hydrogen) atoms. The average molecular weight is 387 g/mol. The maximum absolute atomic E-state index is 13.0. The molecule has 3 aromatic rings. The van der Waals surface area contributed by atoms with Crippen molar-refractivity contribution < 1.29 is 9.59 Å². The van der Waals surface area contributed by atoms with Crippen LogP contribution in [0.25, 0.3) is 0 Å². The number of carbonyl (C=O) groups is 2. The predicted molar refractivity (Wildman–Crippen MR) is 114 cm³/mol. The van der Waals surface area contributed by atoms with E-state index in [0.29, 0.717) is 6.54 Å². The van der Waals surface area contributed by atoms with E-state index >= 15 is 0 Å². The third kappa shape index (κ3) is 5.53. The van der Waals surface area contributed by atoms with Crippen molar-refractivity contribution in [3.05, 3.63) is 108 Å². The Kier molecular flexibility index (Phi) is 7.14. The maximum Gasteiger partial charge on any atom is 0.321 e. The van der Waals surface area contributed by atoms with Crippen LogP contribution in [0.3, 0.4) is 0 Å². The van der Waals surface area contributed by atoms with Crippen LogP contribution in [0.4, 0.5) is 4.79 Å². The van der Waals surface area contributed by atoms with Gasteiger partial charge in [-0.25, -0.2) is 4.79 Å². The van der Waals surface area contributed by atoms with Gasteiger partial charge in [0.2, 0.25) is 5.91 Å². The van der Waals surface area contributed by atoms with Crippen molar-refractivity contribution in [3.8, 4) is 0 Å². The summed E-state index contributed by atoms with van der Waals surface area (Å²) in [6.45, 7) is 2.25. The smallest absolute Gasteiger partial charge is 0.321 e. The molecule has 0 aliphatic carbocycles. The molecule has 0 saturated heterocycles. The summed E-state index contributed by atoms with van der Waals surface area (Å²) in [4.78, 5) is 24.9. The van der Waals surface area contributed by atoms with Crippen LogP contribution in [0.1, 0.15) is 35.7 Å². The number of carbonyl (C=O) groups excluding carboxylic acids is 2. The number of amides is 3. The summed E-state index contributed by atoms with van der Waals surface area (Å²) in [5.74, 6) is -0.404. The zero-order valence-corrected chi connectivity index (χ0v) is 16.3. The molecule has 0 aliphatic rings. The van der Waals surface area contributed by atoms with Crippen LogP contribution in [-0.2, 0) is 4.79 Å². The van der Waals surface area contributed by atoms with Crippen LogP contribution >= 0.6 is 0 Å². The first-order valence-corrected chi connectivity index (χ1v) is 9.68. The molecule has 1 unspecified atom stereocenters. The minimum absolute atomic E-state index is 0.220. The Morgan fingerprint density at radius 2 is 1.17 bits per heavy atom. The third-order valence-corrected chi connectivity index (χ3v) is 4.57. The second kappa shape index (κ2) is 10.2. The van der Waals surface area contributed by atoms with Crippen LogP contribution < -0.4 is 16.0 Å². The summed E-state index contributed by atoms with van der Waals surface area (Å²) >= 11 is 0. The van der Waals surface area contributed by atoms with E-state index in [1.54, 1.807) is 6.92 Å². The number of benzene rings is 3. The van der Waals surface area contributed by atoms with Gasteiger partial charge in [-0.2, -0.15) is 0 Å². The topological polar surface area (TPSA) is 70.2 Å². The van der Waals surface area contributed by atoms with Gasteiger partial charge >= 0.3 is 6.03 Å². The number of hydrogen-bond donors (Lipinski definition) is 3. The van der Waals surface area contributed by atoms with E-state index in [1.807, 2.05) is 91.0 Å². The highest BCUT2D eigenvalue weighted by Crippen LogP contribution is 2.26. The predicted octanol–water partition coefficient (Wildman–Crippen LogP) is 3.95. The minimum Gasteiger partial charge on any atom is -0.338 e. The molecule has 3 aromatic carbocycles. The monoisotopic (exact) mass is 387 g/mol. The van der Waals surface area contributed by atoms with Crippen molar-refractivity contribution in [1.29, 1.82) is 0 Å². The fourth-order valence-electron chi connectivity index (χ4n) is 3.20. The fraction of sp³-hybridized carbons (Fsp3) is 0.167. The molecule has 5 nitrogen and oxygen atoms in total. The first-order valence-electron chi connectivity index (χ1n) is 9.68. The number of hydrogen-bond acceptors (Lipinski definition) is 3. The Morgan fingerprint density at radius 3 is 1.62 bits per heavy atom. The van der Waals surface area contributed by atoms with Crippen LogP contribution in [0.5, 0.6) is 0 Å². The van der Waals surface area contributed by atoms with Gasteiger partial charge in [-0.05, 0) is 23.6 Å². The zero-order valence-electron chi connectivity index (χ0n) is 16.3. The van der Waals surface area contributed by atoms with Crippen molar-refractivity contribution in [2.24, 2.45) is 0 Å². The van der Waals surface area contributed by atoms with E-state index in [9.17, 15) is 9.59 Å². The molecule has 0 aliphatic heterocycles. The summed E-state index contributed by atoms with van der Waals surface area (Å²) in [7, 11) is 0. The SMILES string of the molecule is CCNC(=O)NC(=O)C(NC(c1ccccc1)c1ccccc1)c1ccccc1. The number of urea groups is 1. The largest absolute Gasteiger partial charge is 0.338 e. The van der Waals surface area contributed by atoms with Crippen molar-refractivity contribution in [1.82, 2.24) is 16.0 Å². The Hall–Kier alpha value is -3.44. The highest BCUT2D eigenvalue weighted by Gasteiger charge is 2.26. The molecule has 0 aromatic heterocycles. The van der Waals surface area contributed by atoms with E-state index in [2.05, 4.69) is 16.0 Å². The lowest BCUT2D eigenvalue weighted by atomic mass is 9.96. The van der Waals surface area contributed by atoms with Crippen molar-refractivity contribution in [2.75, 3.05) is 6.54 Å². The van der Waals surface area contributed by atoms with E-state index < -0.39 is 18.0 Å². The molecule has 0 fully saturated rings. The summed E-state index contributed by atoms with van der Waals surface area (Å²) in [5, 5.41) is 8.50. The summed E-state index contributed by atoms with van der Waals surface area (Å²) < 4.78 is 0. The first-order chi connectivity index (χ1) is 14.2. The minimum atomic E-state index is -0.704. The van der Waals surface area contributed by atoms with Gasteiger partial charge in [0, 0.05) is 6.54 Å². The van der Waals surface area contributed by atoms with Crippen molar-refractivity contribution >= 4 is 11.9 Å². The lowest BCUT2D eigenvalue weighted by Crippen LogP contribution is -2.45. The van der Waals surface area contributed by atoms with E-state index in [4.69, 9.17) is 0 Å². The number of imide groups is 1. The summed E-state index contributed by atoms with van der Waals surface area (Å²) in [5.41, 5.74) is 2.85. The Bertz CT molecular complexity index is 875. The van der Waals surface area contributed by atoms with Gasteiger partial charge in [0.1, 0.15) is 6.04 Å². The molecule has 3 rings (SSSR count). The Balaban J connectivity index is 1.95. The number of rotatable bonds is 7. The van der Waals surface area contributed by atoms with Gasteiger partial charge in [-0.15, -0.1) is 0 Å². The maximum atomic E-state index is 13.0. The molecule has 3 amide bonds. The van der Waals surface area contributed by atoms with Crippen molar-refractivity contribution in [3.63, 3.8) is 0 Å². The number of nitrogens with one attached hydrogen (secondary N) is 3. The lowest BCUT2D eigenvalue weighted by molar-refractivity contribution is -0.122. The van der Waals surface area contributed by atoms with Gasteiger partial charge in [0.25, 0.3) is 0 Å². The molecule has 0 saturated carbocycles. The van der Waals surface area contributed by atoms with Gasteiger partial charge in [-0.1, -0.05) is 91.0 Å². The molecular weight excluding hydrogens is 362 g/mol. The lowest BCUT2D eigenvalue weighted by Gasteiger charge is -2.26. The Labute approximate surface area is 171 Å². The van der Waals surface area contributed by atoms with Crippen LogP contribution in [0.15, 0.2) is 91.0 Å². The second-order valence-electron chi connectivity index (χ2n) is 6.61. The van der Waals surface area contributed by atoms with Crippen LogP contribution in [-0.4, -0.2) is 18.5 Å². The quantitative estimate of drug-likeness (QED) is 0.575. The fourth-order valence-corrected chi connectivity index (χ4v) is 3.20. The van der Waals surface area contributed by atoms with Gasteiger partial charge in [0.15, 0.2) is 0 Å². The van der Waals surface area contributed by atoms with Crippen LogP contribution in [0, 0.1) is 0 Å². The van der Waals surface area contributed by atoms with E-state index in [-0.39, 0.29) is 6.04 Å². The first kappa shape index (κ1) is 20.3. The molecule has 5 heteroatoms. The summed E-state index contributed by atoms with van der Waals surface area (Å²) in [6.07, 6.45) is 0. The molecule has 0 radical (unpaired) electrons. The van der Waals surface area contributed by atoms with Gasteiger partial charge in [0.05, 0.1) is 6.04 Å². The van der Waals surface area contributed by atoms with E-state index in [1.165, 1.54) is 0 Å². The molecule has 148 valence electrons. The average Bonchev–Trinajstić information content (AvgIpc) is 2.76. The molecule has 0 bridgehead atoms. The summed E-state index contributed by atoms with van der Waals surface area (Å²) in [6, 6.07) is 27.9. The second-order valence-corrected chi connectivity index (χ2v) is 6.61. The Morgan fingerprint density at radius 1 is 0.724 bits per heavy atom. The molecular formula is C24H25N3O2. The normalized spacial score (nSPS) is 11.7. The molecule has 0 heterocycles.